The Balaban J connectivity index is 1.91. The lowest BCUT2D eigenvalue weighted by atomic mass is 10.0. The summed E-state index contributed by atoms with van der Waals surface area (Å²) in [6.45, 7) is 10.6. The molecule has 1 aromatic rings. The summed E-state index contributed by atoms with van der Waals surface area (Å²) in [5.74, 6) is 0.775. The van der Waals surface area contributed by atoms with Crippen molar-refractivity contribution in [2.75, 3.05) is 19.6 Å². The standard InChI is InChI=1S/C18H30N2/c1-15(2)12-18-14-20(11-7-10-19-18)16(3)13-17-8-5-4-6-9-17/h4-6,8-9,15-16,18-19H,7,10-14H2,1-3H3. The Hall–Kier alpha value is -0.860. The van der Waals surface area contributed by atoms with Gasteiger partial charge in [0.15, 0.2) is 0 Å². The first-order chi connectivity index (χ1) is 9.65. The van der Waals surface area contributed by atoms with E-state index in [1.54, 1.807) is 0 Å². The van der Waals surface area contributed by atoms with Crippen LogP contribution in [0.4, 0.5) is 0 Å². The average Bonchev–Trinajstić information content (AvgIpc) is 2.65. The van der Waals surface area contributed by atoms with E-state index in [0.717, 1.165) is 12.3 Å². The van der Waals surface area contributed by atoms with Crippen LogP contribution in [0.5, 0.6) is 0 Å². The molecule has 1 fully saturated rings. The van der Waals surface area contributed by atoms with E-state index in [1.165, 1.54) is 38.0 Å². The molecule has 0 spiro atoms. The molecule has 0 radical (unpaired) electrons. The molecule has 1 aliphatic heterocycles. The molecule has 0 amide bonds. The van der Waals surface area contributed by atoms with Crippen molar-refractivity contribution < 1.29 is 0 Å². The van der Waals surface area contributed by atoms with Crippen LogP contribution in [0.1, 0.15) is 39.2 Å². The highest BCUT2D eigenvalue weighted by molar-refractivity contribution is 5.15. The van der Waals surface area contributed by atoms with Gasteiger partial charge in [0.25, 0.3) is 0 Å². The van der Waals surface area contributed by atoms with Crippen LogP contribution in [0.2, 0.25) is 0 Å². The minimum Gasteiger partial charge on any atom is -0.313 e. The lowest BCUT2D eigenvalue weighted by molar-refractivity contribution is 0.196. The zero-order valence-electron chi connectivity index (χ0n) is 13.3. The van der Waals surface area contributed by atoms with Gasteiger partial charge < -0.3 is 5.32 Å². The topological polar surface area (TPSA) is 15.3 Å². The van der Waals surface area contributed by atoms with Gasteiger partial charge in [-0.25, -0.2) is 0 Å². The first kappa shape index (κ1) is 15.5. The van der Waals surface area contributed by atoms with E-state index in [2.05, 4.69) is 61.3 Å². The van der Waals surface area contributed by atoms with E-state index in [9.17, 15) is 0 Å². The zero-order chi connectivity index (χ0) is 14.4. The Morgan fingerprint density at radius 2 is 1.95 bits per heavy atom. The largest absolute Gasteiger partial charge is 0.313 e. The third kappa shape index (κ3) is 4.92. The lowest BCUT2D eigenvalue weighted by Gasteiger charge is -2.31. The van der Waals surface area contributed by atoms with Crippen molar-refractivity contribution in [1.82, 2.24) is 10.2 Å². The predicted octanol–water partition coefficient (Wildman–Crippen LogP) is 3.33. The van der Waals surface area contributed by atoms with Crippen LogP contribution in [0.15, 0.2) is 30.3 Å². The number of nitrogens with zero attached hydrogens (tertiary/aromatic N) is 1. The molecule has 2 rings (SSSR count). The Kier molecular flexibility index (Phi) is 6.06. The quantitative estimate of drug-likeness (QED) is 0.886. The number of hydrogen-bond acceptors (Lipinski definition) is 2. The summed E-state index contributed by atoms with van der Waals surface area (Å²) in [6, 6.07) is 12.2. The maximum atomic E-state index is 3.72. The van der Waals surface area contributed by atoms with Crippen molar-refractivity contribution in [1.29, 1.82) is 0 Å². The van der Waals surface area contributed by atoms with E-state index < -0.39 is 0 Å². The van der Waals surface area contributed by atoms with Gasteiger partial charge in [0, 0.05) is 18.6 Å². The minimum absolute atomic E-state index is 0.631. The molecule has 1 heterocycles. The Labute approximate surface area is 124 Å². The van der Waals surface area contributed by atoms with Crippen molar-refractivity contribution in [2.24, 2.45) is 5.92 Å². The molecular formula is C18H30N2. The van der Waals surface area contributed by atoms with E-state index in [0.29, 0.717) is 12.1 Å². The number of benzene rings is 1. The van der Waals surface area contributed by atoms with Crippen LogP contribution >= 0.6 is 0 Å². The maximum Gasteiger partial charge on any atom is 0.0197 e. The number of hydrogen-bond donors (Lipinski definition) is 1. The van der Waals surface area contributed by atoms with Crippen molar-refractivity contribution in [3.05, 3.63) is 35.9 Å². The molecule has 1 aliphatic rings. The number of rotatable bonds is 5. The highest BCUT2D eigenvalue weighted by atomic mass is 15.2. The Morgan fingerprint density at radius 3 is 2.65 bits per heavy atom. The molecular weight excluding hydrogens is 244 g/mol. The fraction of sp³-hybridized carbons (Fsp3) is 0.667. The van der Waals surface area contributed by atoms with Gasteiger partial charge in [-0.15, -0.1) is 0 Å². The summed E-state index contributed by atoms with van der Waals surface area (Å²) in [6.07, 6.45) is 3.72. The normalized spacial score (nSPS) is 22.7. The van der Waals surface area contributed by atoms with Gasteiger partial charge in [-0.2, -0.15) is 0 Å². The summed E-state index contributed by atoms with van der Waals surface area (Å²) in [5, 5.41) is 3.72. The summed E-state index contributed by atoms with van der Waals surface area (Å²) in [7, 11) is 0. The van der Waals surface area contributed by atoms with Crippen LogP contribution in [0.25, 0.3) is 0 Å². The number of nitrogens with one attached hydrogen (secondary N) is 1. The second-order valence-electron chi connectivity index (χ2n) is 6.67. The highest BCUT2D eigenvalue weighted by Crippen LogP contribution is 2.14. The molecule has 1 saturated heterocycles. The fourth-order valence-corrected chi connectivity index (χ4v) is 3.24. The second kappa shape index (κ2) is 7.80. The second-order valence-corrected chi connectivity index (χ2v) is 6.67. The first-order valence-electron chi connectivity index (χ1n) is 8.16. The molecule has 2 atom stereocenters. The smallest absolute Gasteiger partial charge is 0.0197 e. The summed E-state index contributed by atoms with van der Waals surface area (Å²) < 4.78 is 0. The van der Waals surface area contributed by atoms with Gasteiger partial charge in [0.2, 0.25) is 0 Å². The van der Waals surface area contributed by atoms with Gasteiger partial charge in [-0.05, 0) is 50.8 Å². The van der Waals surface area contributed by atoms with E-state index in [1.807, 2.05) is 0 Å². The van der Waals surface area contributed by atoms with Crippen molar-refractivity contribution in [3.63, 3.8) is 0 Å². The van der Waals surface area contributed by atoms with Gasteiger partial charge in [-0.1, -0.05) is 44.2 Å². The maximum absolute atomic E-state index is 3.72. The summed E-state index contributed by atoms with van der Waals surface area (Å²) in [4.78, 5) is 2.68. The fourth-order valence-electron chi connectivity index (χ4n) is 3.24. The van der Waals surface area contributed by atoms with Crippen LogP contribution in [-0.4, -0.2) is 36.6 Å². The summed E-state index contributed by atoms with van der Waals surface area (Å²) in [5.41, 5.74) is 1.46. The molecule has 2 nitrogen and oxygen atoms in total. The first-order valence-corrected chi connectivity index (χ1v) is 8.16. The van der Waals surface area contributed by atoms with Crippen molar-refractivity contribution in [2.45, 2.75) is 52.1 Å². The monoisotopic (exact) mass is 274 g/mol. The summed E-state index contributed by atoms with van der Waals surface area (Å²) >= 11 is 0. The molecule has 112 valence electrons. The minimum atomic E-state index is 0.631. The third-order valence-corrected chi connectivity index (χ3v) is 4.26. The molecule has 0 aromatic heterocycles. The molecule has 0 bridgehead atoms. The van der Waals surface area contributed by atoms with Crippen molar-refractivity contribution in [3.8, 4) is 0 Å². The van der Waals surface area contributed by atoms with Gasteiger partial charge >= 0.3 is 0 Å². The Morgan fingerprint density at radius 1 is 1.20 bits per heavy atom. The van der Waals surface area contributed by atoms with Crippen LogP contribution in [-0.2, 0) is 6.42 Å². The van der Waals surface area contributed by atoms with E-state index >= 15 is 0 Å². The lowest BCUT2D eigenvalue weighted by Crippen LogP contribution is -2.43. The predicted molar refractivity (Wildman–Crippen MR) is 87.0 cm³/mol. The van der Waals surface area contributed by atoms with Gasteiger partial charge in [0.1, 0.15) is 0 Å². The SMILES string of the molecule is CC(C)CC1CN(C(C)Cc2ccccc2)CCCN1. The third-order valence-electron chi connectivity index (χ3n) is 4.26. The molecule has 20 heavy (non-hydrogen) atoms. The molecule has 1 aromatic carbocycles. The molecule has 1 N–H and O–H groups in total. The van der Waals surface area contributed by atoms with Gasteiger partial charge in [0.05, 0.1) is 0 Å². The van der Waals surface area contributed by atoms with Gasteiger partial charge in [-0.3, -0.25) is 4.90 Å². The highest BCUT2D eigenvalue weighted by Gasteiger charge is 2.22. The van der Waals surface area contributed by atoms with Crippen molar-refractivity contribution >= 4 is 0 Å². The Bertz CT molecular complexity index is 374. The zero-order valence-corrected chi connectivity index (χ0v) is 13.3. The molecule has 2 heteroatoms. The van der Waals surface area contributed by atoms with E-state index in [-0.39, 0.29) is 0 Å². The molecule has 2 unspecified atom stereocenters. The van der Waals surface area contributed by atoms with E-state index in [4.69, 9.17) is 0 Å². The van der Waals surface area contributed by atoms with Crippen LogP contribution in [0.3, 0.4) is 0 Å². The molecule has 0 saturated carbocycles. The average molecular weight is 274 g/mol. The molecule has 0 aliphatic carbocycles. The van der Waals surface area contributed by atoms with Crippen LogP contribution < -0.4 is 5.32 Å². The van der Waals surface area contributed by atoms with Crippen LogP contribution in [0, 0.1) is 5.92 Å².